The van der Waals surface area contributed by atoms with E-state index in [1.165, 1.54) is 0 Å². The first-order chi connectivity index (χ1) is 8.49. The van der Waals surface area contributed by atoms with E-state index in [1.54, 1.807) is 0 Å². The molecule has 6 N–H and O–H groups in total. The van der Waals surface area contributed by atoms with Crippen molar-refractivity contribution in [3.8, 4) is 0 Å². The summed E-state index contributed by atoms with van der Waals surface area (Å²) in [5, 5.41) is 56.1. The molecule has 0 amide bonds. The fraction of sp³-hybridized carbons (Fsp3) is 1.00. The van der Waals surface area contributed by atoms with Gasteiger partial charge < -0.3 is 30.6 Å². The van der Waals surface area contributed by atoms with Crippen LogP contribution in [0.25, 0.3) is 0 Å². The number of aliphatic hydroxyl groups excluding tert-OH is 6. The highest BCUT2D eigenvalue weighted by atomic mass is 31.3. The molecular weight excluding hydrogens is 303 g/mol. The maximum absolute atomic E-state index is 9.36. The summed E-state index contributed by atoms with van der Waals surface area (Å²) in [6, 6.07) is 0. The third kappa shape index (κ3) is 2.96. The molecule has 0 aromatic heterocycles. The third-order valence-corrected chi connectivity index (χ3v) is 13.1. The summed E-state index contributed by atoms with van der Waals surface area (Å²) in [6.45, 7) is 0. The first-order valence-electron chi connectivity index (χ1n) is 4.99. The van der Waals surface area contributed by atoms with Gasteiger partial charge in [-0.05, 0) is 0 Å². The molecule has 1 rings (SSSR count). The summed E-state index contributed by atoms with van der Waals surface area (Å²) in [5.74, 6) is 0. The van der Waals surface area contributed by atoms with Gasteiger partial charge in [0.2, 0.25) is 0 Å². The van der Waals surface area contributed by atoms with Crippen LogP contribution < -0.4 is 0 Å². The van der Waals surface area contributed by atoms with Crippen LogP contribution in [0.1, 0.15) is 0 Å². The van der Waals surface area contributed by atoms with E-state index in [9.17, 15) is 30.6 Å². The standard InChI is InChI=1S/C6H18N3O6P3/c10-1-16(2-11)7-17(3-12,4-13)9-18(5-14,6-15)8-16/h10-15H,1-6H2. The normalized spacial score (nSPS) is 23.7. The predicted octanol–water partition coefficient (Wildman–Crippen LogP) is 0.0474. The molecule has 1 aliphatic rings. The molecule has 0 bridgehead atoms. The van der Waals surface area contributed by atoms with Crippen LogP contribution in [-0.2, 0) is 0 Å². The van der Waals surface area contributed by atoms with Crippen molar-refractivity contribution < 1.29 is 30.6 Å². The molecule has 9 nitrogen and oxygen atoms in total. The molecule has 1 heterocycles. The zero-order valence-corrected chi connectivity index (χ0v) is 12.3. The molecule has 0 fully saturated rings. The van der Waals surface area contributed by atoms with Crippen molar-refractivity contribution in [3.05, 3.63) is 0 Å². The minimum Gasteiger partial charge on any atom is -0.388 e. The molecule has 0 saturated carbocycles. The lowest BCUT2D eigenvalue weighted by atomic mass is 11.7. The van der Waals surface area contributed by atoms with E-state index in [0.717, 1.165) is 0 Å². The summed E-state index contributed by atoms with van der Waals surface area (Å²) in [4.78, 5) is 0. The molecule has 0 aromatic carbocycles. The topological polar surface area (TPSA) is 158 Å². The molecule has 0 saturated heterocycles. The van der Waals surface area contributed by atoms with Gasteiger partial charge in [0.15, 0.2) is 0 Å². The molecule has 0 unspecified atom stereocenters. The minimum atomic E-state index is -2.94. The molecule has 12 heteroatoms. The maximum atomic E-state index is 9.36. The SMILES string of the molecule is OCP1(CO)=NP(CO)(CO)=NP(CO)(CO)=N1. The Morgan fingerprint density at radius 2 is 0.611 bits per heavy atom. The van der Waals surface area contributed by atoms with Gasteiger partial charge in [0.1, 0.15) is 21.6 Å². The Bertz CT molecular complexity index is 356. The monoisotopic (exact) mass is 321 g/mol. The Kier molecular flexibility index (Phi) is 5.75. The highest BCUT2D eigenvalue weighted by Crippen LogP contribution is 2.76. The Morgan fingerprint density at radius 1 is 0.444 bits per heavy atom. The number of aliphatic hydroxyl groups is 6. The second-order valence-electron chi connectivity index (χ2n) is 3.75. The van der Waals surface area contributed by atoms with Gasteiger partial charge in [-0.2, -0.15) is 0 Å². The van der Waals surface area contributed by atoms with E-state index < -0.39 is 59.7 Å². The van der Waals surface area contributed by atoms with Crippen molar-refractivity contribution in [1.29, 1.82) is 0 Å². The quantitative estimate of drug-likeness (QED) is 0.379. The van der Waals surface area contributed by atoms with Crippen LogP contribution in [0, 0.1) is 0 Å². The van der Waals surface area contributed by atoms with Gasteiger partial charge in [0, 0.05) is 0 Å². The van der Waals surface area contributed by atoms with Gasteiger partial charge in [0.05, 0.1) is 38.1 Å². The highest BCUT2D eigenvalue weighted by molar-refractivity contribution is 7.86. The molecule has 0 radical (unpaired) electrons. The number of rotatable bonds is 6. The van der Waals surface area contributed by atoms with Crippen molar-refractivity contribution in [2.45, 2.75) is 0 Å². The van der Waals surface area contributed by atoms with Crippen molar-refractivity contribution in [2.75, 3.05) is 38.1 Å². The number of hydrogen-bond donors (Lipinski definition) is 6. The fourth-order valence-corrected chi connectivity index (χ4v) is 13.3. The molecule has 0 aliphatic carbocycles. The molecule has 108 valence electrons. The van der Waals surface area contributed by atoms with Gasteiger partial charge in [0.25, 0.3) is 0 Å². The van der Waals surface area contributed by atoms with Crippen LogP contribution in [0.15, 0.2) is 13.5 Å². The lowest BCUT2D eigenvalue weighted by Crippen LogP contribution is -2.04. The Labute approximate surface area is 104 Å². The van der Waals surface area contributed by atoms with Crippen molar-refractivity contribution in [1.82, 2.24) is 0 Å². The smallest absolute Gasteiger partial charge is 0.129 e. The summed E-state index contributed by atoms with van der Waals surface area (Å²) in [6.07, 6.45) is -3.24. The molecule has 1 aliphatic heterocycles. The van der Waals surface area contributed by atoms with Crippen LogP contribution in [0.2, 0.25) is 0 Å². The molecular formula is C6H18N3O6P3. The molecule has 0 spiro atoms. The van der Waals surface area contributed by atoms with Crippen LogP contribution >= 0.6 is 21.6 Å². The average Bonchev–Trinajstić information content (AvgIpc) is 2.46. The largest absolute Gasteiger partial charge is 0.388 e. The van der Waals surface area contributed by atoms with E-state index in [2.05, 4.69) is 13.5 Å². The minimum absolute atomic E-state index is 0.539. The third-order valence-electron chi connectivity index (χ3n) is 2.36. The van der Waals surface area contributed by atoms with E-state index in [4.69, 9.17) is 0 Å². The van der Waals surface area contributed by atoms with E-state index in [0.29, 0.717) is 0 Å². The summed E-state index contributed by atoms with van der Waals surface area (Å²) < 4.78 is 12.3. The second-order valence-corrected chi connectivity index (χ2v) is 12.9. The average molecular weight is 321 g/mol. The fourth-order valence-electron chi connectivity index (χ4n) is 1.46. The van der Waals surface area contributed by atoms with Gasteiger partial charge in [-0.15, -0.1) is 0 Å². The number of nitrogens with zero attached hydrogens (tertiary/aromatic N) is 3. The van der Waals surface area contributed by atoms with E-state index in [1.807, 2.05) is 0 Å². The van der Waals surface area contributed by atoms with Gasteiger partial charge >= 0.3 is 0 Å². The van der Waals surface area contributed by atoms with Crippen molar-refractivity contribution in [3.63, 3.8) is 0 Å². The lowest BCUT2D eigenvalue weighted by molar-refractivity contribution is 0.334. The van der Waals surface area contributed by atoms with Crippen molar-refractivity contribution >= 4 is 21.6 Å². The van der Waals surface area contributed by atoms with Gasteiger partial charge in [-0.1, -0.05) is 0 Å². The zero-order chi connectivity index (χ0) is 13.9. The van der Waals surface area contributed by atoms with E-state index in [-0.39, 0.29) is 0 Å². The lowest BCUT2D eigenvalue weighted by Gasteiger charge is -2.32. The van der Waals surface area contributed by atoms with E-state index >= 15 is 0 Å². The highest BCUT2D eigenvalue weighted by Gasteiger charge is 2.35. The van der Waals surface area contributed by atoms with Crippen molar-refractivity contribution in [2.24, 2.45) is 13.5 Å². The molecule has 0 atom stereocenters. The summed E-state index contributed by atoms with van der Waals surface area (Å²) in [5.41, 5.74) is 0. The Morgan fingerprint density at radius 3 is 0.722 bits per heavy atom. The maximum Gasteiger partial charge on any atom is 0.129 e. The Balaban J connectivity index is 3.63. The van der Waals surface area contributed by atoms with Gasteiger partial charge in [-0.3, -0.25) is 0 Å². The first kappa shape index (κ1) is 16.5. The zero-order valence-electron chi connectivity index (χ0n) is 9.61. The number of hydrogen-bond acceptors (Lipinski definition) is 9. The van der Waals surface area contributed by atoms with Crippen LogP contribution in [0.5, 0.6) is 0 Å². The molecule has 0 aromatic rings. The first-order valence-corrected chi connectivity index (χ1v) is 11.2. The summed E-state index contributed by atoms with van der Waals surface area (Å²) in [7, 11) is -8.81. The summed E-state index contributed by atoms with van der Waals surface area (Å²) >= 11 is 0. The Hall–Kier alpha value is 0.450. The molecule has 18 heavy (non-hydrogen) atoms. The van der Waals surface area contributed by atoms with Gasteiger partial charge in [-0.25, -0.2) is 13.5 Å². The van der Waals surface area contributed by atoms with Crippen LogP contribution in [0.4, 0.5) is 0 Å². The predicted molar refractivity (Wildman–Crippen MR) is 70.6 cm³/mol. The second kappa shape index (κ2) is 6.27. The van der Waals surface area contributed by atoms with Crippen LogP contribution in [0.3, 0.4) is 0 Å². The van der Waals surface area contributed by atoms with Crippen LogP contribution in [-0.4, -0.2) is 68.7 Å².